The molecule has 0 fully saturated rings. The first-order valence-corrected chi connectivity index (χ1v) is 11.7. The number of aromatic nitrogens is 3. The largest absolute Gasteiger partial charge is 0.347 e. The first-order valence-electron chi connectivity index (χ1n) is 10.9. The summed E-state index contributed by atoms with van der Waals surface area (Å²) in [5, 5.41) is 7.95. The van der Waals surface area contributed by atoms with Crippen molar-refractivity contribution in [2.24, 2.45) is 0 Å². The third-order valence-corrected chi connectivity index (χ3v) is 6.51. The monoisotopic (exact) mass is 481 g/mol. The number of thiazole rings is 1. The fourth-order valence-corrected chi connectivity index (χ4v) is 4.02. The molecule has 0 aliphatic heterocycles. The Balaban J connectivity index is 1.84. The van der Waals surface area contributed by atoms with E-state index in [0.29, 0.717) is 28.4 Å². The Morgan fingerprint density at radius 3 is 2.62 bits per heavy atom. The van der Waals surface area contributed by atoms with Crippen LogP contribution >= 0.6 is 11.3 Å². The van der Waals surface area contributed by atoms with E-state index in [1.807, 2.05) is 19.9 Å². The normalized spacial score (nSPS) is 11.4. The van der Waals surface area contributed by atoms with Crippen LogP contribution < -0.4 is 10.2 Å². The Hall–Kier alpha value is -3.59. The molecule has 2 heterocycles. The van der Waals surface area contributed by atoms with Crippen LogP contribution in [0.5, 0.6) is 0 Å². The minimum Gasteiger partial charge on any atom is -0.347 e. The van der Waals surface area contributed by atoms with Crippen LogP contribution in [0.25, 0.3) is 11.3 Å². The number of nitrogens with zero attached hydrogens (tertiary/aromatic N) is 4. The summed E-state index contributed by atoms with van der Waals surface area (Å²) in [6.07, 6.45) is 6.54. The number of allylic oxidation sites excluding steroid dienone is 2. The molecule has 2 aromatic heterocycles. The molecule has 0 unspecified atom stereocenters. The molecule has 9 heteroatoms. The minimum atomic E-state index is -0.326. The van der Waals surface area contributed by atoms with E-state index in [1.54, 1.807) is 36.3 Å². The van der Waals surface area contributed by atoms with Gasteiger partial charge in [-0.1, -0.05) is 36.5 Å². The van der Waals surface area contributed by atoms with E-state index in [0.717, 1.165) is 22.6 Å². The number of hydrogen-bond acceptors (Lipinski definition) is 5. The predicted molar refractivity (Wildman–Crippen MR) is 133 cm³/mol. The van der Waals surface area contributed by atoms with Crippen molar-refractivity contribution in [3.05, 3.63) is 76.8 Å². The number of carbonyl (C=O) groups excluding carboxylic acids is 2. The number of amides is 2. The van der Waals surface area contributed by atoms with Crippen molar-refractivity contribution < 1.29 is 14.0 Å². The zero-order valence-electron chi connectivity index (χ0n) is 19.8. The van der Waals surface area contributed by atoms with Gasteiger partial charge in [0, 0.05) is 41.9 Å². The molecule has 1 aromatic carbocycles. The Bertz CT molecular complexity index is 1230. The van der Waals surface area contributed by atoms with Crippen LogP contribution in [0, 0.1) is 12.7 Å². The summed E-state index contributed by atoms with van der Waals surface area (Å²) in [5.41, 5.74) is 3.65. The lowest BCUT2D eigenvalue weighted by Crippen LogP contribution is -2.24. The lowest BCUT2D eigenvalue weighted by atomic mass is 10.0. The predicted octanol–water partition coefficient (Wildman–Crippen LogP) is 4.82. The average molecular weight is 482 g/mol. The van der Waals surface area contributed by atoms with Crippen molar-refractivity contribution in [1.29, 1.82) is 0 Å². The highest BCUT2D eigenvalue weighted by Gasteiger charge is 2.19. The molecule has 178 valence electrons. The van der Waals surface area contributed by atoms with Crippen LogP contribution in [0.2, 0.25) is 0 Å². The number of anilines is 1. The van der Waals surface area contributed by atoms with Gasteiger partial charge in [0.25, 0.3) is 5.91 Å². The van der Waals surface area contributed by atoms with Crippen LogP contribution in [-0.2, 0) is 16.1 Å². The Morgan fingerprint density at radius 1 is 1.26 bits per heavy atom. The van der Waals surface area contributed by atoms with Crippen LogP contribution in [-0.4, -0.2) is 33.6 Å². The average Bonchev–Trinajstić information content (AvgIpc) is 3.45. The number of carbonyl (C=O) groups is 2. The number of halogens is 1. The van der Waals surface area contributed by atoms with Crippen molar-refractivity contribution in [1.82, 2.24) is 20.1 Å². The minimum absolute atomic E-state index is 0.111. The highest BCUT2D eigenvalue weighted by molar-refractivity contribution is 7.15. The molecule has 0 radical (unpaired) electrons. The van der Waals surface area contributed by atoms with Gasteiger partial charge in [-0.2, -0.15) is 5.10 Å². The van der Waals surface area contributed by atoms with Gasteiger partial charge in [-0.05, 0) is 44.0 Å². The summed E-state index contributed by atoms with van der Waals surface area (Å²) in [7, 11) is 1.66. The summed E-state index contributed by atoms with van der Waals surface area (Å²) in [4.78, 5) is 31.3. The topological polar surface area (TPSA) is 80.1 Å². The highest BCUT2D eigenvalue weighted by atomic mass is 32.1. The van der Waals surface area contributed by atoms with E-state index in [1.165, 1.54) is 35.3 Å². The third kappa shape index (κ3) is 5.85. The molecule has 0 atom stereocenters. The standard InChI is InChI=1S/C25H28FN5O2S/c1-6-16(2)7-12-22(23-15-29-31(17(23)3)20-10-8-19(26)9-11-20)24(33)27-13-21-14-28-25(34-21)30(5)18(4)32/h8-12,14-15H,2,6-7,13H2,1,3-5H3,(H,27,33). The second-order valence-electron chi connectivity index (χ2n) is 7.83. The molecular weight excluding hydrogens is 453 g/mol. The second kappa shape index (κ2) is 11.0. The smallest absolute Gasteiger partial charge is 0.251 e. The fraction of sp³-hybridized carbons (Fsp3) is 0.280. The van der Waals surface area contributed by atoms with Gasteiger partial charge in [-0.15, -0.1) is 0 Å². The van der Waals surface area contributed by atoms with Gasteiger partial charge in [0.2, 0.25) is 5.91 Å². The summed E-state index contributed by atoms with van der Waals surface area (Å²) in [6.45, 7) is 9.68. The van der Waals surface area contributed by atoms with E-state index < -0.39 is 0 Å². The zero-order chi connectivity index (χ0) is 24.8. The molecule has 3 aromatic rings. The Kier molecular flexibility index (Phi) is 8.12. The van der Waals surface area contributed by atoms with Gasteiger partial charge >= 0.3 is 0 Å². The van der Waals surface area contributed by atoms with Gasteiger partial charge in [0.05, 0.1) is 18.4 Å². The van der Waals surface area contributed by atoms with Crippen molar-refractivity contribution in [3.63, 3.8) is 0 Å². The molecule has 0 saturated heterocycles. The number of rotatable bonds is 9. The van der Waals surface area contributed by atoms with Gasteiger partial charge < -0.3 is 5.32 Å². The van der Waals surface area contributed by atoms with E-state index in [-0.39, 0.29) is 24.2 Å². The Morgan fingerprint density at radius 2 is 1.97 bits per heavy atom. The molecule has 0 spiro atoms. The molecule has 3 rings (SSSR count). The van der Waals surface area contributed by atoms with E-state index in [2.05, 4.69) is 22.0 Å². The molecule has 7 nitrogen and oxygen atoms in total. The van der Waals surface area contributed by atoms with E-state index >= 15 is 0 Å². The van der Waals surface area contributed by atoms with Crippen molar-refractivity contribution >= 4 is 33.9 Å². The Labute approximate surface area is 202 Å². The van der Waals surface area contributed by atoms with Crippen LogP contribution in [0.1, 0.15) is 42.8 Å². The molecular formula is C25H28FN5O2S. The summed E-state index contributed by atoms with van der Waals surface area (Å²) in [6, 6.07) is 6.03. The third-order valence-electron chi connectivity index (χ3n) is 5.43. The lowest BCUT2D eigenvalue weighted by molar-refractivity contribution is -0.116. The number of hydrogen-bond donors (Lipinski definition) is 1. The summed E-state index contributed by atoms with van der Waals surface area (Å²) in [5.74, 6) is -0.687. The summed E-state index contributed by atoms with van der Waals surface area (Å²) >= 11 is 1.34. The number of benzene rings is 1. The van der Waals surface area contributed by atoms with Gasteiger partial charge in [-0.3, -0.25) is 14.5 Å². The molecule has 1 N–H and O–H groups in total. The molecule has 34 heavy (non-hydrogen) atoms. The number of nitrogens with one attached hydrogen (secondary N) is 1. The second-order valence-corrected chi connectivity index (χ2v) is 8.92. The first kappa shape index (κ1) is 25.0. The van der Waals surface area contributed by atoms with Gasteiger partial charge in [0.15, 0.2) is 5.13 Å². The molecule has 0 aliphatic rings. The maximum Gasteiger partial charge on any atom is 0.251 e. The van der Waals surface area contributed by atoms with E-state index in [9.17, 15) is 14.0 Å². The van der Waals surface area contributed by atoms with Crippen molar-refractivity contribution in [2.45, 2.75) is 40.2 Å². The van der Waals surface area contributed by atoms with Crippen LogP contribution in [0.4, 0.5) is 9.52 Å². The molecule has 0 bridgehead atoms. The lowest BCUT2D eigenvalue weighted by Gasteiger charge is -2.11. The van der Waals surface area contributed by atoms with Gasteiger partial charge in [0.1, 0.15) is 5.82 Å². The van der Waals surface area contributed by atoms with E-state index in [4.69, 9.17) is 0 Å². The quantitative estimate of drug-likeness (QED) is 0.351. The molecule has 0 aliphatic carbocycles. The zero-order valence-corrected chi connectivity index (χ0v) is 20.6. The molecule has 2 amide bonds. The summed E-state index contributed by atoms with van der Waals surface area (Å²) < 4.78 is 15.0. The van der Waals surface area contributed by atoms with Crippen LogP contribution in [0.3, 0.4) is 0 Å². The van der Waals surface area contributed by atoms with Crippen LogP contribution in [0.15, 0.2) is 54.9 Å². The molecule has 0 saturated carbocycles. The van der Waals surface area contributed by atoms with Crippen molar-refractivity contribution in [3.8, 4) is 5.69 Å². The maximum atomic E-state index is 13.3. The SMILES string of the molecule is C=C(CC)CC=C(C(=O)NCc1cnc(N(C)C(C)=O)s1)c1cnn(-c2ccc(F)cc2)c1C. The highest BCUT2D eigenvalue weighted by Crippen LogP contribution is 2.25. The fourth-order valence-electron chi connectivity index (χ4n) is 3.16. The van der Waals surface area contributed by atoms with Gasteiger partial charge in [-0.25, -0.2) is 14.1 Å². The van der Waals surface area contributed by atoms with Crippen molar-refractivity contribution in [2.75, 3.05) is 11.9 Å². The first-order chi connectivity index (χ1) is 16.2. The maximum absolute atomic E-state index is 13.3.